The molecule has 0 aliphatic carbocycles. The number of nitrogen functional groups attached to an aromatic ring is 1. The summed E-state index contributed by atoms with van der Waals surface area (Å²) in [6, 6.07) is 2.88. The van der Waals surface area contributed by atoms with Crippen molar-refractivity contribution in [3.63, 3.8) is 0 Å². The van der Waals surface area contributed by atoms with Crippen LogP contribution in [0.5, 0.6) is 0 Å². The molecule has 0 bridgehead atoms. The molecule has 1 fully saturated rings. The first-order chi connectivity index (χ1) is 9.97. The third-order valence-corrected chi connectivity index (χ3v) is 3.22. The molecular formula is C14H18FN3O3. The van der Waals surface area contributed by atoms with Gasteiger partial charge >= 0.3 is 0 Å². The standard InChI is InChI=1S/C14H18FN3O3/c1-9(14(20)18-2-4-21-5-3-18)17-13(19)10-6-11(15)8-12(16)7-10/h6-9H,2-5,16H2,1H3,(H,17,19). The van der Waals surface area contributed by atoms with Crippen LogP contribution < -0.4 is 11.1 Å². The van der Waals surface area contributed by atoms with Crippen LogP contribution in [0.4, 0.5) is 10.1 Å². The maximum Gasteiger partial charge on any atom is 0.252 e. The van der Waals surface area contributed by atoms with Gasteiger partial charge in [0, 0.05) is 24.3 Å². The van der Waals surface area contributed by atoms with Crippen molar-refractivity contribution in [1.82, 2.24) is 10.2 Å². The van der Waals surface area contributed by atoms with E-state index in [0.717, 1.165) is 12.1 Å². The summed E-state index contributed by atoms with van der Waals surface area (Å²) in [5.74, 6) is -1.31. The Bertz CT molecular complexity index is 524. The van der Waals surface area contributed by atoms with E-state index in [-0.39, 0.29) is 17.2 Å². The Balaban J connectivity index is 1.99. The van der Waals surface area contributed by atoms with E-state index in [9.17, 15) is 14.0 Å². The quantitative estimate of drug-likeness (QED) is 0.790. The molecular weight excluding hydrogens is 277 g/mol. The number of hydrogen-bond donors (Lipinski definition) is 2. The van der Waals surface area contributed by atoms with E-state index in [0.29, 0.717) is 26.3 Å². The van der Waals surface area contributed by atoms with Gasteiger partial charge in [0.2, 0.25) is 5.91 Å². The number of benzene rings is 1. The molecule has 0 saturated carbocycles. The second-order valence-electron chi connectivity index (χ2n) is 4.91. The lowest BCUT2D eigenvalue weighted by Crippen LogP contribution is -2.50. The maximum atomic E-state index is 13.2. The number of hydrogen-bond acceptors (Lipinski definition) is 4. The predicted octanol–water partition coefficient (Wildman–Crippen LogP) is 0.385. The Morgan fingerprint density at radius 2 is 2.00 bits per heavy atom. The first-order valence-electron chi connectivity index (χ1n) is 6.71. The fourth-order valence-corrected chi connectivity index (χ4v) is 2.14. The van der Waals surface area contributed by atoms with Gasteiger partial charge < -0.3 is 20.7 Å². The molecule has 1 aromatic carbocycles. The minimum absolute atomic E-state index is 0.0918. The highest BCUT2D eigenvalue weighted by molar-refractivity contribution is 5.98. The number of nitrogens with zero attached hydrogens (tertiary/aromatic N) is 1. The summed E-state index contributed by atoms with van der Waals surface area (Å²) in [6.07, 6.45) is 0. The van der Waals surface area contributed by atoms with Crippen LogP contribution in [0.3, 0.4) is 0 Å². The molecule has 2 rings (SSSR count). The number of amides is 2. The van der Waals surface area contributed by atoms with Gasteiger partial charge in [-0.15, -0.1) is 0 Å². The van der Waals surface area contributed by atoms with E-state index in [1.165, 1.54) is 6.07 Å². The SMILES string of the molecule is CC(NC(=O)c1cc(N)cc(F)c1)C(=O)N1CCOCC1. The lowest BCUT2D eigenvalue weighted by molar-refractivity contribution is -0.136. The zero-order valence-electron chi connectivity index (χ0n) is 11.8. The fraction of sp³-hybridized carbons (Fsp3) is 0.429. The summed E-state index contributed by atoms with van der Waals surface area (Å²) >= 11 is 0. The Hall–Kier alpha value is -2.15. The molecule has 3 N–H and O–H groups in total. The number of nitrogens with one attached hydrogen (secondary N) is 1. The zero-order chi connectivity index (χ0) is 15.4. The summed E-state index contributed by atoms with van der Waals surface area (Å²) in [4.78, 5) is 25.8. The highest BCUT2D eigenvalue weighted by atomic mass is 19.1. The second-order valence-corrected chi connectivity index (χ2v) is 4.91. The molecule has 1 atom stereocenters. The zero-order valence-corrected chi connectivity index (χ0v) is 11.8. The molecule has 1 heterocycles. The molecule has 1 aromatic rings. The molecule has 1 aliphatic rings. The summed E-state index contributed by atoms with van der Waals surface area (Å²) in [5, 5.41) is 2.55. The van der Waals surface area contributed by atoms with Gasteiger partial charge in [-0.3, -0.25) is 9.59 Å². The molecule has 21 heavy (non-hydrogen) atoms. The average Bonchev–Trinajstić information content (AvgIpc) is 2.46. The van der Waals surface area contributed by atoms with Crippen LogP contribution in [-0.4, -0.2) is 49.1 Å². The van der Waals surface area contributed by atoms with Crippen molar-refractivity contribution in [2.24, 2.45) is 0 Å². The van der Waals surface area contributed by atoms with Crippen molar-refractivity contribution < 1.29 is 18.7 Å². The van der Waals surface area contributed by atoms with Gasteiger partial charge in [-0.1, -0.05) is 0 Å². The van der Waals surface area contributed by atoms with Crippen molar-refractivity contribution in [1.29, 1.82) is 0 Å². The van der Waals surface area contributed by atoms with Crippen LogP contribution in [0.1, 0.15) is 17.3 Å². The lowest BCUT2D eigenvalue weighted by Gasteiger charge is -2.29. The number of anilines is 1. The molecule has 0 radical (unpaired) electrons. The van der Waals surface area contributed by atoms with E-state index in [1.54, 1.807) is 11.8 Å². The minimum Gasteiger partial charge on any atom is -0.399 e. The van der Waals surface area contributed by atoms with Gasteiger partial charge in [0.05, 0.1) is 13.2 Å². The van der Waals surface area contributed by atoms with Crippen molar-refractivity contribution in [2.75, 3.05) is 32.0 Å². The smallest absolute Gasteiger partial charge is 0.252 e. The number of rotatable bonds is 3. The van der Waals surface area contributed by atoms with Crippen LogP contribution >= 0.6 is 0 Å². The van der Waals surface area contributed by atoms with E-state index in [2.05, 4.69) is 5.32 Å². The lowest BCUT2D eigenvalue weighted by atomic mass is 10.1. The van der Waals surface area contributed by atoms with Crippen LogP contribution in [0.25, 0.3) is 0 Å². The van der Waals surface area contributed by atoms with Gasteiger partial charge in [-0.25, -0.2) is 4.39 Å². The predicted molar refractivity (Wildman–Crippen MR) is 75.1 cm³/mol. The van der Waals surface area contributed by atoms with Gasteiger partial charge in [0.1, 0.15) is 11.9 Å². The van der Waals surface area contributed by atoms with E-state index in [4.69, 9.17) is 10.5 Å². The molecule has 6 nitrogen and oxygen atoms in total. The van der Waals surface area contributed by atoms with E-state index in [1.807, 2.05) is 0 Å². The first-order valence-corrected chi connectivity index (χ1v) is 6.71. The number of halogens is 1. The number of morpholine rings is 1. The van der Waals surface area contributed by atoms with Crippen molar-refractivity contribution >= 4 is 17.5 Å². The molecule has 1 aliphatic heterocycles. The number of nitrogens with two attached hydrogens (primary N) is 1. The highest BCUT2D eigenvalue weighted by Crippen LogP contribution is 2.11. The van der Waals surface area contributed by atoms with Gasteiger partial charge in [0.25, 0.3) is 5.91 Å². The molecule has 7 heteroatoms. The number of carbonyl (C=O) groups excluding carboxylic acids is 2. The fourth-order valence-electron chi connectivity index (χ4n) is 2.14. The largest absolute Gasteiger partial charge is 0.399 e. The van der Waals surface area contributed by atoms with Crippen LogP contribution in [0.2, 0.25) is 0 Å². The van der Waals surface area contributed by atoms with Crippen molar-refractivity contribution in [3.8, 4) is 0 Å². The normalized spacial score (nSPS) is 16.4. The van der Waals surface area contributed by atoms with Gasteiger partial charge in [0.15, 0.2) is 0 Å². The Kier molecular flexibility index (Phi) is 4.74. The molecule has 114 valence electrons. The number of carbonyl (C=O) groups is 2. The third-order valence-electron chi connectivity index (χ3n) is 3.22. The summed E-state index contributed by atoms with van der Waals surface area (Å²) in [6.45, 7) is 3.59. The van der Waals surface area contributed by atoms with Gasteiger partial charge in [-0.05, 0) is 25.1 Å². The number of ether oxygens (including phenoxy) is 1. The van der Waals surface area contributed by atoms with Crippen molar-refractivity contribution in [3.05, 3.63) is 29.6 Å². The third kappa shape index (κ3) is 3.91. The molecule has 2 amide bonds. The molecule has 0 spiro atoms. The Labute approximate surface area is 122 Å². The Morgan fingerprint density at radius 3 is 2.62 bits per heavy atom. The second kappa shape index (κ2) is 6.53. The van der Waals surface area contributed by atoms with Crippen molar-refractivity contribution in [2.45, 2.75) is 13.0 Å². The monoisotopic (exact) mass is 295 g/mol. The van der Waals surface area contributed by atoms with E-state index >= 15 is 0 Å². The summed E-state index contributed by atoms with van der Waals surface area (Å²) in [7, 11) is 0. The van der Waals surface area contributed by atoms with E-state index < -0.39 is 17.8 Å². The maximum absolute atomic E-state index is 13.2. The molecule has 1 unspecified atom stereocenters. The molecule has 1 saturated heterocycles. The Morgan fingerprint density at radius 1 is 1.33 bits per heavy atom. The average molecular weight is 295 g/mol. The molecule has 0 aromatic heterocycles. The van der Waals surface area contributed by atoms with Crippen LogP contribution in [0.15, 0.2) is 18.2 Å². The first kappa shape index (κ1) is 15.2. The summed E-state index contributed by atoms with van der Waals surface area (Å²) < 4.78 is 18.4. The topological polar surface area (TPSA) is 84.7 Å². The highest BCUT2D eigenvalue weighted by Gasteiger charge is 2.24. The van der Waals surface area contributed by atoms with Crippen LogP contribution in [0, 0.1) is 5.82 Å². The van der Waals surface area contributed by atoms with Gasteiger partial charge in [-0.2, -0.15) is 0 Å². The van der Waals surface area contributed by atoms with Crippen LogP contribution in [-0.2, 0) is 9.53 Å². The summed E-state index contributed by atoms with van der Waals surface area (Å²) in [5.41, 5.74) is 5.75. The minimum atomic E-state index is -0.694.